The Morgan fingerprint density at radius 1 is 1.33 bits per heavy atom. The average molecular weight is 307 g/mol. The SMILES string of the molecule is CCc1nc(-c2ncccc2Br)nc(NC)c1C. The van der Waals surface area contributed by atoms with Crippen LogP contribution in [0.2, 0.25) is 0 Å². The third kappa shape index (κ3) is 2.36. The number of anilines is 1. The van der Waals surface area contributed by atoms with Gasteiger partial charge in [0.05, 0.1) is 0 Å². The van der Waals surface area contributed by atoms with Gasteiger partial charge in [-0.1, -0.05) is 6.92 Å². The topological polar surface area (TPSA) is 50.7 Å². The summed E-state index contributed by atoms with van der Waals surface area (Å²) in [6.45, 7) is 4.12. The lowest BCUT2D eigenvalue weighted by atomic mass is 10.2. The first-order chi connectivity index (χ1) is 8.67. The van der Waals surface area contributed by atoms with E-state index in [1.165, 1.54) is 0 Å². The van der Waals surface area contributed by atoms with Crippen LogP contribution in [0.4, 0.5) is 5.82 Å². The second-order valence-corrected chi connectivity index (χ2v) is 4.76. The molecule has 0 aliphatic carbocycles. The molecule has 0 saturated carbocycles. The molecular formula is C13H15BrN4. The summed E-state index contributed by atoms with van der Waals surface area (Å²) >= 11 is 3.48. The third-order valence-electron chi connectivity index (χ3n) is 2.79. The quantitative estimate of drug-likeness (QED) is 0.946. The minimum Gasteiger partial charge on any atom is -0.373 e. The minimum atomic E-state index is 0.647. The lowest BCUT2D eigenvalue weighted by Gasteiger charge is -2.11. The van der Waals surface area contributed by atoms with Crippen LogP contribution in [0, 0.1) is 6.92 Å². The highest BCUT2D eigenvalue weighted by Crippen LogP contribution is 2.26. The molecule has 0 atom stereocenters. The zero-order valence-electron chi connectivity index (χ0n) is 10.7. The first-order valence-corrected chi connectivity index (χ1v) is 6.62. The molecule has 0 aliphatic rings. The fourth-order valence-corrected chi connectivity index (χ4v) is 2.24. The molecule has 2 aromatic rings. The number of aromatic nitrogens is 3. The number of nitrogens with zero attached hydrogens (tertiary/aromatic N) is 3. The fourth-order valence-electron chi connectivity index (χ4n) is 1.81. The summed E-state index contributed by atoms with van der Waals surface area (Å²) in [5, 5.41) is 3.11. The van der Waals surface area contributed by atoms with Crippen molar-refractivity contribution in [2.45, 2.75) is 20.3 Å². The highest BCUT2D eigenvalue weighted by atomic mass is 79.9. The smallest absolute Gasteiger partial charge is 0.181 e. The number of halogens is 1. The molecule has 5 heteroatoms. The van der Waals surface area contributed by atoms with Gasteiger partial charge in [0, 0.05) is 29.0 Å². The van der Waals surface area contributed by atoms with E-state index >= 15 is 0 Å². The third-order valence-corrected chi connectivity index (χ3v) is 3.43. The zero-order valence-corrected chi connectivity index (χ0v) is 12.2. The molecule has 18 heavy (non-hydrogen) atoms. The Morgan fingerprint density at radius 3 is 2.72 bits per heavy atom. The molecule has 2 rings (SSSR count). The molecule has 0 fully saturated rings. The van der Waals surface area contributed by atoms with Gasteiger partial charge in [-0.3, -0.25) is 4.98 Å². The molecule has 0 aliphatic heterocycles. The van der Waals surface area contributed by atoms with Crippen molar-refractivity contribution in [2.24, 2.45) is 0 Å². The standard InChI is InChI=1S/C13H15BrN4/c1-4-10-8(2)12(15-3)18-13(17-10)11-9(14)6-5-7-16-11/h5-7H,4H2,1-3H3,(H,15,17,18). The van der Waals surface area contributed by atoms with Crippen molar-refractivity contribution < 1.29 is 0 Å². The number of aryl methyl sites for hydroxylation is 1. The van der Waals surface area contributed by atoms with Crippen LogP contribution < -0.4 is 5.32 Å². The molecule has 0 unspecified atom stereocenters. The van der Waals surface area contributed by atoms with Gasteiger partial charge < -0.3 is 5.32 Å². The summed E-state index contributed by atoms with van der Waals surface area (Å²) in [6, 6.07) is 3.82. The van der Waals surface area contributed by atoms with E-state index in [4.69, 9.17) is 0 Å². The summed E-state index contributed by atoms with van der Waals surface area (Å²) in [7, 11) is 1.87. The zero-order chi connectivity index (χ0) is 13.1. The predicted molar refractivity (Wildman–Crippen MR) is 76.6 cm³/mol. The van der Waals surface area contributed by atoms with Crippen LogP contribution in [-0.2, 0) is 6.42 Å². The second-order valence-electron chi connectivity index (χ2n) is 3.90. The molecule has 0 amide bonds. The van der Waals surface area contributed by atoms with Crippen molar-refractivity contribution in [1.29, 1.82) is 0 Å². The Hall–Kier alpha value is -1.49. The molecular weight excluding hydrogens is 292 g/mol. The summed E-state index contributed by atoms with van der Waals surface area (Å²) in [4.78, 5) is 13.4. The van der Waals surface area contributed by atoms with Gasteiger partial charge in [0.2, 0.25) is 0 Å². The average Bonchev–Trinajstić information content (AvgIpc) is 2.40. The number of hydrogen-bond donors (Lipinski definition) is 1. The Morgan fingerprint density at radius 2 is 2.11 bits per heavy atom. The van der Waals surface area contributed by atoms with Gasteiger partial charge in [-0.2, -0.15) is 0 Å². The lowest BCUT2D eigenvalue weighted by molar-refractivity contribution is 0.970. The van der Waals surface area contributed by atoms with E-state index in [2.05, 4.69) is 43.1 Å². The van der Waals surface area contributed by atoms with E-state index in [1.54, 1.807) is 6.20 Å². The van der Waals surface area contributed by atoms with Crippen LogP contribution in [0.15, 0.2) is 22.8 Å². The van der Waals surface area contributed by atoms with E-state index in [0.717, 1.165) is 33.7 Å². The van der Waals surface area contributed by atoms with Gasteiger partial charge in [0.15, 0.2) is 5.82 Å². The maximum absolute atomic E-state index is 4.59. The Kier molecular flexibility index (Phi) is 3.91. The van der Waals surface area contributed by atoms with Crippen molar-refractivity contribution in [2.75, 3.05) is 12.4 Å². The van der Waals surface area contributed by atoms with E-state index in [-0.39, 0.29) is 0 Å². The highest BCUT2D eigenvalue weighted by molar-refractivity contribution is 9.10. The summed E-state index contributed by atoms with van der Waals surface area (Å²) in [5.41, 5.74) is 2.90. The van der Waals surface area contributed by atoms with Crippen molar-refractivity contribution in [3.63, 3.8) is 0 Å². The normalized spacial score (nSPS) is 10.4. The number of rotatable bonds is 3. The largest absolute Gasteiger partial charge is 0.373 e. The van der Waals surface area contributed by atoms with E-state index in [0.29, 0.717) is 5.82 Å². The molecule has 0 radical (unpaired) electrons. The molecule has 4 nitrogen and oxygen atoms in total. The van der Waals surface area contributed by atoms with Crippen LogP contribution >= 0.6 is 15.9 Å². The van der Waals surface area contributed by atoms with Gasteiger partial charge >= 0.3 is 0 Å². The van der Waals surface area contributed by atoms with Crippen LogP contribution in [-0.4, -0.2) is 22.0 Å². The Labute approximate surface area is 115 Å². The minimum absolute atomic E-state index is 0.647. The van der Waals surface area contributed by atoms with Crippen molar-refractivity contribution in [3.8, 4) is 11.5 Å². The maximum Gasteiger partial charge on any atom is 0.181 e. The molecule has 0 saturated heterocycles. The molecule has 2 aromatic heterocycles. The number of hydrogen-bond acceptors (Lipinski definition) is 4. The van der Waals surface area contributed by atoms with Crippen molar-refractivity contribution in [3.05, 3.63) is 34.1 Å². The summed E-state index contributed by atoms with van der Waals surface area (Å²) < 4.78 is 0.901. The molecule has 2 heterocycles. The molecule has 1 N–H and O–H groups in total. The van der Waals surface area contributed by atoms with Crippen LogP contribution in [0.5, 0.6) is 0 Å². The van der Waals surface area contributed by atoms with Crippen molar-refractivity contribution >= 4 is 21.7 Å². The van der Waals surface area contributed by atoms with Gasteiger partial charge in [-0.15, -0.1) is 0 Å². The number of nitrogens with one attached hydrogen (secondary N) is 1. The number of pyridine rings is 1. The molecule has 0 bridgehead atoms. The van der Waals surface area contributed by atoms with Gasteiger partial charge in [-0.05, 0) is 41.4 Å². The Bertz CT molecular complexity index is 544. The maximum atomic E-state index is 4.59. The van der Waals surface area contributed by atoms with Crippen LogP contribution in [0.3, 0.4) is 0 Å². The van der Waals surface area contributed by atoms with E-state index < -0.39 is 0 Å². The highest BCUT2D eigenvalue weighted by Gasteiger charge is 2.13. The van der Waals surface area contributed by atoms with E-state index in [9.17, 15) is 0 Å². The van der Waals surface area contributed by atoms with Gasteiger partial charge in [0.25, 0.3) is 0 Å². The molecule has 0 aromatic carbocycles. The predicted octanol–water partition coefficient (Wildman–Crippen LogP) is 3.21. The first-order valence-electron chi connectivity index (χ1n) is 5.83. The van der Waals surface area contributed by atoms with Gasteiger partial charge in [-0.25, -0.2) is 9.97 Å². The monoisotopic (exact) mass is 306 g/mol. The van der Waals surface area contributed by atoms with Gasteiger partial charge in [0.1, 0.15) is 11.5 Å². The first kappa shape index (κ1) is 13.0. The fraction of sp³-hybridized carbons (Fsp3) is 0.308. The van der Waals surface area contributed by atoms with E-state index in [1.807, 2.05) is 26.1 Å². The van der Waals surface area contributed by atoms with Crippen molar-refractivity contribution in [1.82, 2.24) is 15.0 Å². The van der Waals surface area contributed by atoms with Crippen LogP contribution in [0.1, 0.15) is 18.2 Å². The van der Waals surface area contributed by atoms with Crippen LogP contribution in [0.25, 0.3) is 11.5 Å². The molecule has 94 valence electrons. The molecule has 0 spiro atoms. The summed E-state index contributed by atoms with van der Waals surface area (Å²) in [6.07, 6.45) is 2.62. The Balaban J connectivity index is 2.62. The lowest BCUT2D eigenvalue weighted by Crippen LogP contribution is -2.05. The summed E-state index contributed by atoms with van der Waals surface area (Å²) in [5.74, 6) is 1.50. The second kappa shape index (κ2) is 5.44.